The second-order valence-electron chi connectivity index (χ2n) is 4.39. The highest BCUT2D eigenvalue weighted by Gasteiger charge is 2.16. The van der Waals surface area contributed by atoms with Gasteiger partial charge < -0.3 is 14.6 Å². The smallest absolute Gasteiger partial charge is 0.311 e. The zero-order valence-electron chi connectivity index (χ0n) is 11.5. The Labute approximate surface area is 119 Å². The third-order valence-corrected chi connectivity index (χ3v) is 2.57. The maximum absolute atomic E-state index is 11.7. The summed E-state index contributed by atoms with van der Waals surface area (Å²) < 4.78 is 9.98. The largest absolute Gasteiger partial charge is 0.477 e. The van der Waals surface area contributed by atoms with Crippen LogP contribution in [-0.2, 0) is 4.79 Å². The van der Waals surface area contributed by atoms with Gasteiger partial charge in [0.1, 0.15) is 5.76 Å². The second kappa shape index (κ2) is 6.04. The number of nitrogens with one attached hydrogen (secondary N) is 1. The Morgan fingerprint density at radius 3 is 2.81 bits per heavy atom. The van der Waals surface area contributed by atoms with E-state index in [1.807, 2.05) is 0 Å². The van der Waals surface area contributed by atoms with Gasteiger partial charge >= 0.3 is 5.69 Å². The van der Waals surface area contributed by atoms with E-state index >= 15 is 0 Å². The van der Waals surface area contributed by atoms with E-state index in [0.717, 1.165) is 5.56 Å². The van der Waals surface area contributed by atoms with E-state index in [1.54, 1.807) is 26.0 Å². The molecule has 1 heterocycles. The van der Waals surface area contributed by atoms with Crippen molar-refractivity contribution >= 4 is 17.4 Å². The van der Waals surface area contributed by atoms with Crippen LogP contribution in [0.3, 0.4) is 0 Å². The maximum atomic E-state index is 11.7. The minimum atomic E-state index is -0.554. The van der Waals surface area contributed by atoms with Crippen LogP contribution in [0.25, 0.3) is 0 Å². The number of nitro benzene ring substituents is 1. The number of nitrogens with zero attached hydrogens (tertiary/aromatic N) is 2. The van der Waals surface area contributed by atoms with Gasteiger partial charge in [0, 0.05) is 12.1 Å². The molecule has 1 aromatic heterocycles. The van der Waals surface area contributed by atoms with E-state index in [0.29, 0.717) is 5.76 Å². The van der Waals surface area contributed by atoms with Crippen molar-refractivity contribution in [2.75, 3.05) is 11.9 Å². The van der Waals surface area contributed by atoms with Crippen LogP contribution in [0, 0.1) is 24.0 Å². The molecule has 0 atom stereocenters. The van der Waals surface area contributed by atoms with Gasteiger partial charge in [-0.25, -0.2) is 0 Å². The Balaban J connectivity index is 1.99. The van der Waals surface area contributed by atoms with Gasteiger partial charge in [-0.1, -0.05) is 11.2 Å². The molecule has 0 aliphatic heterocycles. The van der Waals surface area contributed by atoms with Gasteiger partial charge in [-0.05, 0) is 25.5 Å². The topological polar surface area (TPSA) is 108 Å². The Morgan fingerprint density at radius 2 is 2.19 bits per heavy atom. The molecular weight excluding hydrogens is 278 g/mol. The van der Waals surface area contributed by atoms with Gasteiger partial charge in [-0.3, -0.25) is 14.9 Å². The number of hydrogen-bond donors (Lipinski definition) is 1. The molecule has 0 fully saturated rings. The van der Waals surface area contributed by atoms with Gasteiger partial charge in [0.05, 0.1) is 4.92 Å². The molecule has 0 spiro atoms. The summed E-state index contributed by atoms with van der Waals surface area (Å²) in [5, 5.41) is 17.0. The molecule has 1 aromatic carbocycles. The monoisotopic (exact) mass is 291 g/mol. The molecule has 0 saturated heterocycles. The molecule has 0 saturated carbocycles. The van der Waals surface area contributed by atoms with Crippen molar-refractivity contribution in [3.8, 4) is 5.75 Å². The highest BCUT2D eigenvalue weighted by atomic mass is 16.6. The van der Waals surface area contributed by atoms with Crippen molar-refractivity contribution in [1.29, 1.82) is 0 Å². The first kappa shape index (κ1) is 14.5. The Morgan fingerprint density at radius 1 is 1.43 bits per heavy atom. The zero-order valence-corrected chi connectivity index (χ0v) is 11.5. The molecule has 0 radical (unpaired) electrons. The number of benzene rings is 1. The summed E-state index contributed by atoms with van der Waals surface area (Å²) in [4.78, 5) is 22.0. The van der Waals surface area contributed by atoms with Crippen molar-refractivity contribution in [1.82, 2.24) is 5.16 Å². The summed E-state index contributed by atoms with van der Waals surface area (Å²) in [5.74, 6) is 0.371. The number of hydrogen-bond acceptors (Lipinski definition) is 6. The van der Waals surface area contributed by atoms with Gasteiger partial charge in [0.25, 0.3) is 5.91 Å². The first-order valence-corrected chi connectivity index (χ1v) is 6.06. The zero-order chi connectivity index (χ0) is 15.4. The van der Waals surface area contributed by atoms with Crippen LogP contribution in [-0.4, -0.2) is 22.6 Å². The summed E-state index contributed by atoms with van der Waals surface area (Å²) >= 11 is 0. The maximum Gasteiger partial charge on any atom is 0.311 e. The van der Waals surface area contributed by atoms with E-state index in [2.05, 4.69) is 10.5 Å². The fourth-order valence-electron chi connectivity index (χ4n) is 1.64. The van der Waals surface area contributed by atoms with Gasteiger partial charge in [-0.2, -0.15) is 0 Å². The number of rotatable bonds is 5. The van der Waals surface area contributed by atoms with Crippen molar-refractivity contribution in [2.45, 2.75) is 13.8 Å². The molecule has 0 bridgehead atoms. The molecule has 8 heteroatoms. The van der Waals surface area contributed by atoms with Gasteiger partial charge in [0.2, 0.25) is 0 Å². The SMILES string of the molecule is Cc1ccc(OCC(=O)Nc2cc(C)on2)c([N+](=O)[O-])c1. The van der Waals surface area contributed by atoms with Crippen LogP contribution in [0.1, 0.15) is 11.3 Å². The number of anilines is 1. The molecule has 110 valence electrons. The Bertz CT molecular complexity index is 680. The molecule has 2 rings (SSSR count). The summed E-state index contributed by atoms with van der Waals surface area (Å²) in [6.07, 6.45) is 0. The van der Waals surface area contributed by atoms with E-state index < -0.39 is 10.8 Å². The summed E-state index contributed by atoms with van der Waals surface area (Å²) in [7, 11) is 0. The van der Waals surface area contributed by atoms with Crippen LogP contribution >= 0.6 is 0 Å². The van der Waals surface area contributed by atoms with Crippen LogP contribution in [0.5, 0.6) is 5.75 Å². The minimum absolute atomic E-state index is 0.0390. The molecule has 1 N–H and O–H groups in total. The number of carbonyl (C=O) groups is 1. The standard InChI is InChI=1S/C13H13N3O5/c1-8-3-4-11(10(5-8)16(18)19)20-7-13(17)14-12-6-9(2)21-15-12/h3-6H,7H2,1-2H3,(H,14,15,17). The molecule has 1 amide bonds. The Hall–Kier alpha value is -2.90. The fourth-order valence-corrected chi connectivity index (χ4v) is 1.64. The van der Waals surface area contributed by atoms with Crippen molar-refractivity contribution < 1.29 is 19.0 Å². The highest BCUT2D eigenvalue weighted by molar-refractivity contribution is 5.90. The third-order valence-electron chi connectivity index (χ3n) is 2.57. The quantitative estimate of drug-likeness (QED) is 0.668. The molecule has 0 unspecified atom stereocenters. The van der Waals surface area contributed by atoms with Crippen LogP contribution in [0.15, 0.2) is 28.8 Å². The molecule has 0 aliphatic carbocycles. The number of aryl methyl sites for hydroxylation is 2. The lowest BCUT2D eigenvalue weighted by Gasteiger charge is -2.06. The average molecular weight is 291 g/mol. The van der Waals surface area contributed by atoms with Crippen molar-refractivity contribution in [2.24, 2.45) is 0 Å². The lowest BCUT2D eigenvalue weighted by atomic mass is 10.2. The fraction of sp³-hybridized carbons (Fsp3) is 0.231. The first-order valence-electron chi connectivity index (χ1n) is 6.06. The number of carbonyl (C=O) groups excluding carboxylic acids is 1. The number of ether oxygens (including phenoxy) is 1. The average Bonchev–Trinajstić information content (AvgIpc) is 2.82. The lowest BCUT2D eigenvalue weighted by molar-refractivity contribution is -0.385. The van der Waals surface area contributed by atoms with E-state index in [4.69, 9.17) is 9.26 Å². The van der Waals surface area contributed by atoms with Crippen LogP contribution in [0.4, 0.5) is 11.5 Å². The summed E-state index contributed by atoms with van der Waals surface area (Å²) in [5.41, 5.74) is 0.552. The van der Waals surface area contributed by atoms with Crippen LogP contribution < -0.4 is 10.1 Å². The van der Waals surface area contributed by atoms with E-state index in [9.17, 15) is 14.9 Å². The predicted octanol–water partition coefficient (Wildman–Crippen LogP) is 2.22. The minimum Gasteiger partial charge on any atom is -0.477 e. The normalized spacial score (nSPS) is 10.2. The van der Waals surface area contributed by atoms with E-state index in [-0.39, 0.29) is 23.9 Å². The summed E-state index contributed by atoms with van der Waals surface area (Å²) in [6, 6.07) is 6.06. The number of amides is 1. The van der Waals surface area contributed by atoms with Gasteiger partial charge in [0.15, 0.2) is 18.2 Å². The highest BCUT2D eigenvalue weighted by Crippen LogP contribution is 2.27. The summed E-state index contributed by atoms with van der Waals surface area (Å²) in [6.45, 7) is 3.06. The first-order chi connectivity index (χ1) is 9.95. The number of aromatic nitrogens is 1. The molecular formula is C13H13N3O5. The van der Waals surface area contributed by atoms with Crippen molar-refractivity contribution in [3.63, 3.8) is 0 Å². The second-order valence-corrected chi connectivity index (χ2v) is 4.39. The van der Waals surface area contributed by atoms with E-state index in [1.165, 1.54) is 12.1 Å². The Kier molecular flexibility index (Phi) is 4.17. The van der Waals surface area contributed by atoms with Crippen LogP contribution in [0.2, 0.25) is 0 Å². The number of nitro groups is 1. The predicted molar refractivity (Wildman–Crippen MR) is 73.2 cm³/mol. The molecule has 2 aromatic rings. The molecule has 8 nitrogen and oxygen atoms in total. The lowest BCUT2D eigenvalue weighted by Crippen LogP contribution is -2.20. The molecule has 0 aliphatic rings. The van der Waals surface area contributed by atoms with Gasteiger partial charge in [-0.15, -0.1) is 0 Å². The molecule has 21 heavy (non-hydrogen) atoms. The third kappa shape index (κ3) is 3.78. The van der Waals surface area contributed by atoms with Crippen molar-refractivity contribution in [3.05, 3.63) is 45.7 Å².